The molecule has 9 nitrogen and oxygen atoms in total. The van der Waals surface area contributed by atoms with E-state index in [1.54, 1.807) is 5.06 Å². The second-order valence-corrected chi connectivity index (χ2v) is 11.0. The van der Waals surface area contributed by atoms with E-state index in [0.29, 0.717) is 18.2 Å². The maximum absolute atomic E-state index is 13.4. The number of benzene rings is 2. The van der Waals surface area contributed by atoms with Crippen LogP contribution in [0.4, 0.5) is 4.79 Å². The van der Waals surface area contributed by atoms with E-state index < -0.39 is 24.5 Å². The third-order valence-corrected chi connectivity index (χ3v) is 7.68. The molecule has 1 amide bonds. The molecule has 40 heavy (non-hydrogen) atoms. The summed E-state index contributed by atoms with van der Waals surface area (Å²) in [6, 6.07) is 18.6. The average molecular weight is 549 g/mol. The summed E-state index contributed by atoms with van der Waals surface area (Å²) < 4.78 is 11.8. The molecule has 0 saturated carbocycles. The number of hydrogen-bond acceptors (Lipinski definition) is 8. The van der Waals surface area contributed by atoms with Gasteiger partial charge in [-0.05, 0) is 37.5 Å². The van der Waals surface area contributed by atoms with Crippen molar-refractivity contribution in [1.29, 1.82) is 0 Å². The fourth-order valence-corrected chi connectivity index (χ4v) is 4.51. The Hall–Kier alpha value is -3.56. The van der Waals surface area contributed by atoms with Crippen molar-refractivity contribution in [2.75, 3.05) is 0 Å². The van der Waals surface area contributed by atoms with Crippen LogP contribution in [0.25, 0.3) is 11.5 Å². The molecule has 1 aromatic heterocycles. The highest BCUT2D eigenvalue weighted by Gasteiger charge is 2.49. The van der Waals surface area contributed by atoms with E-state index in [2.05, 4.69) is 15.5 Å². The van der Waals surface area contributed by atoms with Gasteiger partial charge < -0.3 is 14.5 Å². The molecule has 9 heteroatoms. The molecular formula is C31H40N4O5. The zero-order valence-electron chi connectivity index (χ0n) is 24.0. The van der Waals surface area contributed by atoms with Gasteiger partial charge in [-0.15, -0.1) is 15.3 Å². The van der Waals surface area contributed by atoms with Crippen LogP contribution in [0, 0.1) is 5.41 Å². The highest BCUT2D eigenvalue weighted by atomic mass is 16.8. The molecule has 2 heterocycles. The van der Waals surface area contributed by atoms with Crippen molar-refractivity contribution in [3.63, 3.8) is 0 Å². The van der Waals surface area contributed by atoms with Gasteiger partial charge >= 0.3 is 6.09 Å². The van der Waals surface area contributed by atoms with Crippen molar-refractivity contribution >= 4 is 11.9 Å². The summed E-state index contributed by atoms with van der Waals surface area (Å²) in [6.07, 6.45) is 1.30. The lowest BCUT2D eigenvalue weighted by molar-refractivity contribution is -0.122. The first-order valence-electron chi connectivity index (χ1n) is 14.1. The van der Waals surface area contributed by atoms with Crippen molar-refractivity contribution in [2.45, 2.75) is 91.1 Å². The second kappa shape index (κ2) is 13.2. The lowest BCUT2D eigenvalue weighted by Gasteiger charge is -2.32. The van der Waals surface area contributed by atoms with E-state index >= 15 is 0 Å². The molecule has 1 N–H and O–H groups in total. The van der Waals surface area contributed by atoms with E-state index in [1.165, 1.54) is 0 Å². The number of nitrogens with zero attached hydrogens (tertiary/aromatic N) is 3. The van der Waals surface area contributed by atoms with Crippen molar-refractivity contribution in [3.05, 3.63) is 72.1 Å². The number of hydroxylamine groups is 2. The summed E-state index contributed by atoms with van der Waals surface area (Å²) >= 11 is 0. The number of hydrogen-bond donors (Lipinski definition) is 1. The highest BCUT2D eigenvalue weighted by Crippen LogP contribution is 2.35. The Morgan fingerprint density at radius 1 is 1.05 bits per heavy atom. The largest absolute Gasteiger partial charge is 0.445 e. The zero-order chi connectivity index (χ0) is 28.7. The summed E-state index contributed by atoms with van der Waals surface area (Å²) in [5, 5.41) is 12.9. The van der Waals surface area contributed by atoms with Crippen LogP contribution in [0.1, 0.15) is 77.8 Å². The molecule has 3 aromatic rings. The topological polar surface area (TPSA) is 110 Å². The Morgan fingerprint density at radius 3 is 2.38 bits per heavy atom. The predicted molar refractivity (Wildman–Crippen MR) is 151 cm³/mol. The van der Waals surface area contributed by atoms with Crippen molar-refractivity contribution in [1.82, 2.24) is 20.6 Å². The summed E-state index contributed by atoms with van der Waals surface area (Å²) in [7, 11) is 0. The zero-order valence-corrected chi connectivity index (χ0v) is 24.0. The standard InChI is InChI=1S/C31H40N4O5/c1-6-8-19-24(27(36)29-35(40-29)21(3)22-15-11-9-12-16-22)32-30(37)38-25(31(4,5)7-2)20-26-33-34-28(39-26)23-17-13-10-14-18-23/h9-18,21,24-25,29H,6-8,19-20H2,1-5H3,(H,32,37)/t21-,24+,25-,29?,35?/m1/s1. The number of unbranched alkanes of at least 4 members (excludes halogenated alkanes) is 1. The van der Waals surface area contributed by atoms with Crippen LogP contribution >= 0.6 is 0 Å². The average Bonchev–Trinajstić information content (AvgIpc) is 3.64. The lowest BCUT2D eigenvalue weighted by atomic mass is 9.82. The summed E-state index contributed by atoms with van der Waals surface area (Å²) in [4.78, 5) is 32.2. The van der Waals surface area contributed by atoms with Crippen LogP contribution < -0.4 is 5.32 Å². The normalized spacial score (nSPS) is 18.9. The second-order valence-electron chi connectivity index (χ2n) is 11.0. The molecule has 5 atom stereocenters. The number of Topliss-reactive ketones (excluding diaryl/α,β-unsaturated/α-hetero) is 1. The van der Waals surface area contributed by atoms with E-state index in [9.17, 15) is 9.59 Å². The number of nitrogens with one attached hydrogen (secondary N) is 1. The number of carbonyl (C=O) groups excluding carboxylic acids is 2. The Morgan fingerprint density at radius 2 is 1.73 bits per heavy atom. The number of amides is 1. The smallest absolute Gasteiger partial charge is 0.408 e. The van der Waals surface area contributed by atoms with Crippen LogP contribution in [0.2, 0.25) is 0 Å². The maximum atomic E-state index is 13.4. The molecule has 4 rings (SSSR count). The van der Waals surface area contributed by atoms with Gasteiger partial charge in [0.2, 0.25) is 23.8 Å². The number of aromatic nitrogens is 2. The van der Waals surface area contributed by atoms with Crippen molar-refractivity contribution in [3.8, 4) is 11.5 Å². The number of carbonyl (C=O) groups is 2. The maximum Gasteiger partial charge on any atom is 0.408 e. The molecule has 0 radical (unpaired) electrons. The Kier molecular flexibility index (Phi) is 9.71. The number of ether oxygens (including phenoxy) is 1. The van der Waals surface area contributed by atoms with E-state index in [-0.39, 0.29) is 23.7 Å². The molecule has 0 aliphatic carbocycles. The summed E-state index contributed by atoms with van der Waals surface area (Å²) in [5.41, 5.74) is 1.50. The van der Waals surface area contributed by atoms with Gasteiger partial charge in [-0.25, -0.2) is 4.79 Å². The molecular weight excluding hydrogens is 508 g/mol. The molecule has 1 fully saturated rings. The number of ketones is 1. The summed E-state index contributed by atoms with van der Waals surface area (Å²) in [6.45, 7) is 10.1. The van der Waals surface area contributed by atoms with Gasteiger partial charge in [0, 0.05) is 11.0 Å². The molecule has 1 saturated heterocycles. The first kappa shape index (κ1) is 29.4. The molecule has 2 unspecified atom stereocenters. The molecule has 2 aromatic carbocycles. The molecule has 0 spiro atoms. The van der Waals surface area contributed by atoms with Crippen LogP contribution in [0.5, 0.6) is 0 Å². The van der Waals surface area contributed by atoms with Crippen molar-refractivity contribution < 1.29 is 23.6 Å². The van der Waals surface area contributed by atoms with Gasteiger partial charge in [-0.3, -0.25) is 9.63 Å². The van der Waals surface area contributed by atoms with E-state index in [0.717, 1.165) is 30.4 Å². The van der Waals surface area contributed by atoms with E-state index in [4.69, 9.17) is 14.0 Å². The minimum atomic E-state index is -0.719. The quantitative estimate of drug-likeness (QED) is 0.235. The van der Waals surface area contributed by atoms with Crippen LogP contribution in [-0.4, -0.2) is 45.5 Å². The third kappa shape index (κ3) is 7.34. The first-order chi connectivity index (χ1) is 19.2. The van der Waals surface area contributed by atoms with Crippen LogP contribution in [-0.2, 0) is 20.8 Å². The minimum absolute atomic E-state index is 0.0844. The van der Waals surface area contributed by atoms with Gasteiger partial charge in [0.25, 0.3) is 0 Å². The summed E-state index contributed by atoms with van der Waals surface area (Å²) in [5.74, 6) is 0.620. The number of alkyl carbamates (subject to hydrolysis) is 1. The van der Waals surface area contributed by atoms with Gasteiger partial charge in [0.05, 0.1) is 18.5 Å². The van der Waals surface area contributed by atoms with E-state index in [1.807, 2.05) is 95.3 Å². The SMILES string of the molecule is CCCC[C@H](NC(=O)O[C@H](Cc1nnc(-c2ccccc2)o1)C(C)(C)CC)C(=O)C1ON1[C@H](C)c1ccccc1. The lowest BCUT2D eigenvalue weighted by Crippen LogP contribution is -2.46. The van der Waals surface area contributed by atoms with Crippen LogP contribution in [0.3, 0.4) is 0 Å². The first-order valence-corrected chi connectivity index (χ1v) is 14.1. The van der Waals surface area contributed by atoms with Gasteiger partial charge in [-0.2, -0.15) is 0 Å². The fraction of sp³-hybridized carbons (Fsp3) is 0.484. The third-order valence-electron chi connectivity index (χ3n) is 7.68. The molecule has 214 valence electrons. The Labute approximate surface area is 236 Å². The van der Waals surface area contributed by atoms with Gasteiger partial charge in [0.15, 0.2) is 0 Å². The fourth-order valence-electron chi connectivity index (χ4n) is 4.51. The minimum Gasteiger partial charge on any atom is -0.445 e. The Bertz CT molecular complexity index is 1250. The molecule has 1 aliphatic heterocycles. The van der Waals surface area contributed by atoms with Gasteiger partial charge in [-0.1, -0.05) is 89.1 Å². The monoisotopic (exact) mass is 548 g/mol. The van der Waals surface area contributed by atoms with Crippen LogP contribution in [0.15, 0.2) is 65.1 Å². The Balaban J connectivity index is 1.41. The van der Waals surface area contributed by atoms with Gasteiger partial charge in [0.1, 0.15) is 6.10 Å². The molecule has 0 bridgehead atoms. The highest BCUT2D eigenvalue weighted by molar-refractivity contribution is 5.91. The van der Waals surface area contributed by atoms with Crippen molar-refractivity contribution in [2.24, 2.45) is 5.41 Å². The number of rotatable bonds is 14. The predicted octanol–water partition coefficient (Wildman–Crippen LogP) is 6.27. The molecule has 1 aliphatic rings.